The Morgan fingerprint density at radius 1 is 1.31 bits per heavy atom. The number of nitrogens with one attached hydrogen (secondary N) is 2. The van der Waals surface area contributed by atoms with Crippen LogP contribution in [0.3, 0.4) is 0 Å². The van der Waals surface area contributed by atoms with Gasteiger partial charge in [0.05, 0.1) is 5.41 Å². The van der Waals surface area contributed by atoms with E-state index in [1.165, 1.54) is 24.3 Å². The number of piperidine rings is 1. The zero-order valence-corrected chi connectivity index (χ0v) is 19.1. The highest BCUT2D eigenvalue weighted by molar-refractivity contribution is 7.09. The van der Waals surface area contributed by atoms with Gasteiger partial charge in [-0.2, -0.15) is 0 Å². The molecule has 1 atom stereocenters. The van der Waals surface area contributed by atoms with Crippen LogP contribution in [0, 0.1) is 11.3 Å². The predicted octanol–water partition coefficient (Wildman–Crippen LogP) is 2.77. The second-order valence-electron chi connectivity index (χ2n) is 8.82. The number of guanidine groups is 1. The van der Waals surface area contributed by atoms with Crippen molar-refractivity contribution < 1.29 is 4.79 Å². The van der Waals surface area contributed by atoms with Gasteiger partial charge in [-0.1, -0.05) is 18.9 Å². The molecule has 1 aliphatic carbocycles. The zero-order chi connectivity index (χ0) is 20.7. The summed E-state index contributed by atoms with van der Waals surface area (Å²) in [6.07, 6.45) is 6.71. The van der Waals surface area contributed by atoms with Gasteiger partial charge >= 0.3 is 0 Å². The van der Waals surface area contributed by atoms with Gasteiger partial charge in [0, 0.05) is 52.2 Å². The van der Waals surface area contributed by atoms with Crippen LogP contribution < -0.4 is 10.6 Å². The van der Waals surface area contributed by atoms with Crippen molar-refractivity contribution in [2.45, 2.75) is 45.1 Å². The maximum absolute atomic E-state index is 12.8. The monoisotopic (exact) mass is 419 g/mol. The van der Waals surface area contributed by atoms with Gasteiger partial charge in [-0.05, 0) is 49.6 Å². The van der Waals surface area contributed by atoms with E-state index in [4.69, 9.17) is 0 Å². The molecule has 0 bridgehead atoms. The molecule has 0 spiro atoms. The van der Waals surface area contributed by atoms with Gasteiger partial charge in [0.25, 0.3) is 0 Å². The Bertz CT molecular complexity index is 667. The van der Waals surface area contributed by atoms with Crippen LogP contribution in [0.15, 0.2) is 22.5 Å². The van der Waals surface area contributed by atoms with Gasteiger partial charge in [-0.3, -0.25) is 14.7 Å². The number of rotatable bonds is 7. The predicted molar refractivity (Wildman–Crippen MR) is 121 cm³/mol. The third kappa shape index (κ3) is 5.95. The third-order valence-corrected chi connectivity index (χ3v) is 7.22. The van der Waals surface area contributed by atoms with Crippen LogP contribution >= 0.6 is 11.3 Å². The van der Waals surface area contributed by atoms with Crippen LogP contribution in [-0.2, 0) is 11.3 Å². The molecule has 3 rings (SSSR count). The molecule has 2 N–H and O–H groups in total. The van der Waals surface area contributed by atoms with Gasteiger partial charge in [-0.25, -0.2) is 0 Å². The van der Waals surface area contributed by atoms with Crippen LogP contribution in [0.2, 0.25) is 0 Å². The van der Waals surface area contributed by atoms with Crippen molar-refractivity contribution >= 4 is 23.2 Å². The molecule has 2 heterocycles. The van der Waals surface area contributed by atoms with E-state index >= 15 is 0 Å². The molecule has 7 heteroatoms. The summed E-state index contributed by atoms with van der Waals surface area (Å²) < 4.78 is 0. The van der Waals surface area contributed by atoms with Crippen molar-refractivity contribution in [3.63, 3.8) is 0 Å². The number of hydrogen-bond donors (Lipinski definition) is 2. The lowest BCUT2D eigenvalue weighted by atomic mass is 9.84. The smallest absolute Gasteiger partial charge is 0.230 e. The summed E-state index contributed by atoms with van der Waals surface area (Å²) in [5, 5.41) is 9.13. The number of carbonyl (C=O) groups excluding carboxylic acids is 1. The molecular weight excluding hydrogens is 382 g/mol. The topological polar surface area (TPSA) is 60.0 Å². The number of hydrogen-bond acceptors (Lipinski definition) is 4. The normalized spacial score (nSPS) is 22.4. The summed E-state index contributed by atoms with van der Waals surface area (Å²) in [5.41, 5.74) is -0.274. The molecule has 1 amide bonds. The van der Waals surface area contributed by atoms with Crippen molar-refractivity contribution in [3.8, 4) is 0 Å². The maximum Gasteiger partial charge on any atom is 0.230 e. The average Bonchev–Trinajstić information content (AvgIpc) is 3.40. The second-order valence-corrected chi connectivity index (χ2v) is 9.85. The highest BCUT2D eigenvalue weighted by Gasteiger charge is 2.42. The first-order valence-electron chi connectivity index (χ1n) is 10.9. The first-order valence-corrected chi connectivity index (χ1v) is 11.8. The Morgan fingerprint density at radius 2 is 2.10 bits per heavy atom. The molecule has 1 unspecified atom stereocenters. The van der Waals surface area contributed by atoms with E-state index in [9.17, 15) is 4.79 Å². The van der Waals surface area contributed by atoms with E-state index in [-0.39, 0.29) is 11.3 Å². The fourth-order valence-electron chi connectivity index (χ4n) is 4.79. The molecule has 1 aromatic rings. The van der Waals surface area contributed by atoms with Crippen molar-refractivity contribution in [1.82, 2.24) is 20.4 Å². The summed E-state index contributed by atoms with van der Waals surface area (Å²) in [7, 11) is 5.54. The summed E-state index contributed by atoms with van der Waals surface area (Å²) in [5.74, 6) is 1.69. The molecule has 1 saturated carbocycles. The first-order chi connectivity index (χ1) is 14.0. The molecule has 29 heavy (non-hydrogen) atoms. The molecule has 2 aliphatic rings. The summed E-state index contributed by atoms with van der Waals surface area (Å²) >= 11 is 1.84. The Balaban J connectivity index is 1.46. The highest BCUT2D eigenvalue weighted by Crippen LogP contribution is 2.38. The van der Waals surface area contributed by atoms with E-state index in [0.29, 0.717) is 12.5 Å². The van der Waals surface area contributed by atoms with E-state index < -0.39 is 0 Å². The molecule has 2 fully saturated rings. The summed E-state index contributed by atoms with van der Waals surface area (Å²) in [6, 6.07) is 4.36. The van der Waals surface area contributed by atoms with Gasteiger partial charge in [0.1, 0.15) is 0 Å². The minimum atomic E-state index is -0.274. The van der Waals surface area contributed by atoms with Crippen LogP contribution in [0.25, 0.3) is 0 Å². The van der Waals surface area contributed by atoms with E-state index in [1.54, 1.807) is 4.90 Å². The molecule has 6 nitrogen and oxygen atoms in total. The zero-order valence-electron chi connectivity index (χ0n) is 18.2. The molecule has 162 valence electrons. The maximum atomic E-state index is 12.8. The van der Waals surface area contributed by atoms with Crippen LogP contribution in [0.5, 0.6) is 0 Å². The van der Waals surface area contributed by atoms with E-state index in [1.807, 2.05) is 32.5 Å². The van der Waals surface area contributed by atoms with Crippen molar-refractivity contribution in [1.29, 1.82) is 0 Å². The van der Waals surface area contributed by atoms with Gasteiger partial charge in [0.15, 0.2) is 5.96 Å². The quantitative estimate of drug-likeness (QED) is 0.527. The van der Waals surface area contributed by atoms with E-state index in [0.717, 1.165) is 51.3 Å². The first kappa shape index (κ1) is 22.1. The van der Waals surface area contributed by atoms with Crippen LogP contribution in [0.1, 0.15) is 43.4 Å². The lowest BCUT2D eigenvalue weighted by molar-refractivity contribution is -0.138. The number of thiophene rings is 1. The summed E-state index contributed by atoms with van der Waals surface area (Å²) in [6.45, 7) is 4.98. The molecule has 1 aliphatic heterocycles. The molecule has 0 aromatic carbocycles. The number of carbonyl (C=O) groups is 1. The van der Waals surface area contributed by atoms with Crippen molar-refractivity contribution in [2.24, 2.45) is 16.3 Å². The number of aliphatic imine (C=N–C) groups is 1. The minimum absolute atomic E-state index is 0.245. The van der Waals surface area contributed by atoms with Crippen LogP contribution in [-0.4, -0.2) is 69.0 Å². The highest BCUT2D eigenvalue weighted by atomic mass is 32.1. The van der Waals surface area contributed by atoms with Gasteiger partial charge < -0.3 is 15.5 Å². The molecule has 1 saturated heterocycles. The number of likely N-dealkylation sites (tertiary alicyclic amines) is 1. The summed E-state index contributed by atoms with van der Waals surface area (Å²) in [4.78, 5) is 22.9. The van der Waals surface area contributed by atoms with Gasteiger partial charge in [0.2, 0.25) is 5.91 Å². The Kier molecular flexibility index (Phi) is 7.95. The average molecular weight is 420 g/mol. The van der Waals surface area contributed by atoms with Crippen molar-refractivity contribution in [3.05, 3.63) is 22.4 Å². The second kappa shape index (κ2) is 10.4. The Hall–Kier alpha value is -1.60. The number of amides is 1. The van der Waals surface area contributed by atoms with Crippen LogP contribution in [0.4, 0.5) is 0 Å². The van der Waals surface area contributed by atoms with Gasteiger partial charge in [-0.15, -0.1) is 11.3 Å². The van der Waals surface area contributed by atoms with Crippen molar-refractivity contribution in [2.75, 3.05) is 47.3 Å². The largest absolute Gasteiger partial charge is 0.356 e. The SMILES string of the molecule is CN=C(NCC1CCCN(Cc2cccs2)C1)NCC1(C(=O)N(C)C)CCCC1. The molecule has 1 aromatic heterocycles. The lowest BCUT2D eigenvalue weighted by Crippen LogP contribution is -2.50. The fraction of sp³-hybridized carbons (Fsp3) is 0.727. The number of nitrogens with zero attached hydrogens (tertiary/aromatic N) is 3. The third-order valence-electron chi connectivity index (χ3n) is 6.36. The Morgan fingerprint density at radius 3 is 2.76 bits per heavy atom. The standard InChI is InChI=1S/C22H37N5OS/c1-23-21(25-17-22(10-4-5-11-22)20(28)26(2)3)24-14-18-8-6-12-27(15-18)16-19-9-7-13-29-19/h7,9,13,18H,4-6,8,10-12,14-17H2,1-3H3,(H2,23,24,25). The van der Waals surface area contributed by atoms with E-state index in [2.05, 4.69) is 38.0 Å². The Labute approximate surface area is 179 Å². The minimum Gasteiger partial charge on any atom is -0.356 e. The molecular formula is C22H37N5OS. The molecule has 0 radical (unpaired) electrons. The lowest BCUT2D eigenvalue weighted by Gasteiger charge is -2.33. The fourth-order valence-corrected chi connectivity index (χ4v) is 5.54.